The lowest BCUT2D eigenvalue weighted by molar-refractivity contribution is -0.115. The molecule has 1 aliphatic heterocycles. The van der Waals surface area contributed by atoms with E-state index >= 15 is 0 Å². The number of aryl methyl sites for hydroxylation is 1. The predicted molar refractivity (Wildman–Crippen MR) is 81.2 cm³/mol. The summed E-state index contributed by atoms with van der Waals surface area (Å²) in [6, 6.07) is 8.98. The van der Waals surface area contributed by atoms with Crippen LogP contribution in [0.4, 0.5) is 4.79 Å². The van der Waals surface area contributed by atoms with Gasteiger partial charge >= 0.3 is 6.03 Å². The standard InChI is InChI=1S/C15H11BrN2O3/c1-8-2-4-10(11(16)6-8)13-5-3-9(21-13)7-12-14(19)18-15(20)17-12/h2-7H,1H3,(H2,17,18,19,20). The van der Waals surface area contributed by atoms with Gasteiger partial charge in [0.1, 0.15) is 17.2 Å². The maximum absolute atomic E-state index is 11.4. The number of nitrogens with one attached hydrogen (secondary N) is 2. The van der Waals surface area contributed by atoms with E-state index in [9.17, 15) is 9.59 Å². The highest BCUT2D eigenvalue weighted by Gasteiger charge is 2.23. The van der Waals surface area contributed by atoms with E-state index in [2.05, 4.69) is 26.6 Å². The van der Waals surface area contributed by atoms with Gasteiger partial charge in [0.25, 0.3) is 5.91 Å². The first-order chi connectivity index (χ1) is 10.0. The molecule has 1 aromatic carbocycles. The summed E-state index contributed by atoms with van der Waals surface area (Å²) in [5.74, 6) is 0.706. The van der Waals surface area contributed by atoms with Gasteiger partial charge < -0.3 is 9.73 Å². The Morgan fingerprint density at radius 3 is 2.62 bits per heavy atom. The van der Waals surface area contributed by atoms with Crippen LogP contribution in [0.1, 0.15) is 11.3 Å². The summed E-state index contributed by atoms with van der Waals surface area (Å²) in [4.78, 5) is 22.5. The molecule has 2 heterocycles. The molecule has 0 unspecified atom stereocenters. The predicted octanol–water partition coefficient (Wildman–Crippen LogP) is 3.20. The van der Waals surface area contributed by atoms with Gasteiger partial charge in [-0.05, 0) is 36.8 Å². The van der Waals surface area contributed by atoms with Crippen molar-refractivity contribution >= 4 is 33.9 Å². The second kappa shape index (κ2) is 5.21. The van der Waals surface area contributed by atoms with Crippen molar-refractivity contribution in [1.82, 2.24) is 10.6 Å². The van der Waals surface area contributed by atoms with Gasteiger partial charge in [0.15, 0.2) is 0 Å². The Bertz CT molecular complexity index is 777. The van der Waals surface area contributed by atoms with Crippen LogP contribution in [-0.2, 0) is 4.79 Å². The Hall–Kier alpha value is -2.34. The fraction of sp³-hybridized carbons (Fsp3) is 0.0667. The second-order valence-corrected chi connectivity index (χ2v) is 5.51. The van der Waals surface area contributed by atoms with Crippen molar-refractivity contribution in [3.8, 4) is 11.3 Å². The largest absolute Gasteiger partial charge is 0.457 e. The van der Waals surface area contributed by atoms with Gasteiger partial charge in [-0.15, -0.1) is 0 Å². The molecule has 0 radical (unpaired) electrons. The van der Waals surface area contributed by atoms with Crippen molar-refractivity contribution in [2.45, 2.75) is 6.92 Å². The van der Waals surface area contributed by atoms with Gasteiger partial charge in [-0.25, -0.2) is 4.79 Å². The third kappa shape index (κ3) is 2.75. The van der Waals surface area contributed by atoms with Crippen molar-refractivity contribution in [2.75, 3.05) is 0 Å². The Morgan fingerprint density at radius 2 is 1.95 bits per heavy atom. The molecular formula is C15H11BrN2O3. The Morgan fingerprint density at radius 1 is 1.14 bits per heavy atom. The number of hydrogen-bond donors (Lipinski definition) is 2. The SMILES string of the molecule is Cc1ccc(-c2ccc(C=C3NC(=O)NC3=O)o2)c(Br)c1. The fourth-order valence-electron chi connectivity index (χ4n) is 2.02. The van der Waals surface area contributed by atoms with Gasteiger partial charge in [-0.2, -0.15) is 0 Å². The van der Waals surface area contributed by atoms with Gasteiger partial charge in [-0.3, -0.25) is 10.1 Å². The minimum atomic E-state index is -0.528. The maximum atomic E-state index is 11.4. The molecule has 5 nitrogen and oxygen atoms in total. The average molecular weight is 347 g/mol. The normalized spacial score (nSPS) is 16.2. The molecule has 3 amide bonds. The number of carbonyl (C=O) groups is 2. The van der Waals surface area contributed by atoms with Crippen molar-refractivity contribution in [3.63, 3.8) is 0 Å². The van der Waals surface area contributed by atoms with Crippen LogP contribution in [0.3, 0.4) is 0 Å². The number of furan rings is 1. The lowest BCUT2D eigenvalue weighted by Crippen LogP contribution is -2.22. The number of imide groups is 1. The van der Waals surface area contributed by atoms with E-state index in [0.717, 1.165) is 15.6 Å². The van der Waals surface area contributed by atoms with Crippen LogP contribution < -0.4 is 10.6 Å². The monoisotopic (exact) mass is 346 g/mol. The topological polar surface area (TPSA) is 71.3 Å². The molecule has 1 saturated heterocycles. The summed E-state index contributed by atoms with van der Waals surface area (Å²) in [5, 5.41) is 4.55. The highest BCUT2D eigenvalue weighted by Crippen LogP contribution is 2.31. The molecule has 0 saturated carbocycles. The Labute approximate surface area is 129 Å². The van der Waals surface area contributed by atoms with Gasteiger partial charge in [0.2, 0.25) is 0 Å². The van der Waals surface area contributed by atoms with Crippen LogP contribution in [0.5, 0.6) is 0 Å². The zero-order valence-electron chi connectivity index (χ0n) is 11.1. The quantitative estimate of drug-likeness (QED) is 0.647. The Kier molecular flexibility index (Phi) is 3.39. The van der Waals surface area contributed by atoms with Crippen LogP contribution in [0, 0.1) is 6.92 Å². The van der Waals surface area contributed by atoms with Crippen LogP contribution in [0.25, 0.3) is 17.4 Å². The second-order valence-electron chi connectivity index (χ2n) is 4.65. The van der Waals surface area contributed by atoms with Gasteiger partial charge in [0, 0.05) is 16.1 Å². The smallest absolute Gasteiger partial charge is 0.326 e. The molecule has 0 atom stereocenters. The summed E-state index contributed by atoms with van der Waals surface area (Å²) < 4.78 is 6.63. The molecule has 1 aromatic heterocycles. The zero-order chi connectivity index (χ0) is 15.0. The molecule has 0 spiro atoms. The first-order valence-electron chi connectivity index (χ1n) is 6.23. The fourth-order valence-corrected chi connectivity index (χ4v) is 2.71. The van der Waals surface area contributed by atoms with Crippen LogP contribution >= 0.6 is 15.9 Å². The first-order valence-corrected chi connectivity index (χ1v) is 7.02. The number of carbonyl (C=O) groups excluding carboxylic acids is 2. The van der Waals surface area contributed by atoms with E-state index in [1.165, 1.54) is 6.08 Å². The molecule has 3 rings (SSSR count). The van der Waals surface area contributed by atoms with E-state index in [0.29, 0.717) is 11.5 Å². The van der Waals surface area contributed by atoms with Crippen LogP contribution in [-0.4, -0.2) is 11.9 Å². The molecule has 2 aromatic rings. The Balaban J connectivity index is 1.92. The number of benzene rings is 1. The number of amides is 3. The minimum Gasteiger partial charge on any atom is -0.457 e. The first kappa shape index (κ1) is 13.6. The summed E-state index contributed by atoms with van der Waals surface area (Å²) in [6.45, 7) is 2.01. The molecule has 0 aliphatic carbocycles. The molecule has 0 bridgehead atoms. The zero-order valence-corrected chi connectivity index (χ0v) is 12.7. The summed E-state index contributed by atoms with van der Waals surface area (Å²) in [7, 11) is 0. The van der Waals surface area contributed by atoms with Crippen LogP contribution in [0.15, 0.2) is 44.9 Å². The van der Waals surface area contributed by atoms with E-state index < -0.39 is 11.9 Å². The van der Waals surface area contributed by atoms with E-state index in [1.54, 1.807) is 6.07 Å². The summed E-state index contributed by atoms with van der Waals surface area (Å²) >= 11 is 3.50. The van der Waals surface area contributed by atoms with Crippen molar-refractivity contribution in [1.29, 1.82) is 0 Å². The number of urea groups is 1. The molecule has 21 heavy (non-hydrogen) atoms. The summed E-state index contributed by atoms with van der Waals surface area (Å²) in [5.41, 5.74) is 2.24. The average Bonchev–Trinajstić information content (AvgIpc) is 2.97. The summed E-state index contributed by atoms with van der Waals surface area (Å²) in [6.07, 6.45) is 1.49. The van der Waals surface area contributed by atoms with Crippen LogP contribution in [0.2, 0.25) is 0 Å². The third-order valence-corrected chi connectivity index (χ3v) is 3.68. The molecule has 1 fully saturated rings. The van der Waals surface area contributed by atoms with Gasteiger partial charge in [-0.1, -0.05) is 22.0 Å². The highest BCUT2D eigenvalue weighted by atomic mass is 79.9. The lowest BCUT2D eigenvalue weighted by atomic mass is 10.1. The molecule has 6 heteroatoms. The highest BCUT2D eigenvalue weighted by molar-refractivity contribution is 9.10. The van der Waals surface area contributed by atoms with E-state index in [-0.39, 0.29) is 5.70 Å². The third-order valence-electron chi connectivity index (χ3n) is 3.02. The number of halogens is 1. The maximum Gasteiger partial charge on any atom is 0.326 e. The molecule has 1 aliphatic rings. The van der Waals surface area contributed by atoms with Crippen molar-refractivity contribution in [3.05, 3.63) is 51.8 Å². The van der Waals surface area contributed by atoms with E-state index in [1.807, 2.05) is 31.2 Å². The number of rotatable bonds is 2. The lowest BCUT2D eigenvalue weighted by Gasteiger charge is -2.02. The van der Waals surface area contributed by atoms with E-state index in [4.69, 9.17) is 4.42 Å². The number of hydrogen-bond acceptors (Lipinski definition) is 3. The van der Waals surface area contributed by atoms with Gasteiger partial charge in [0.05, 0.1) is 0 Å². The molecular weight excluding hydrogens is 336 g/mol. The van der Waals surface area contributed by atoms with Crippen molar-refractivity contribution < 1.29 is 14.0 Å². The molecule has 2 N–H and O–H groups in total. The minimum absolute atomic E-state index is 0.170. The van der Waals surface area contributed by atoms with Crippen molar-refractivity contribution in [2.24, 2.45) is 0 Å². The molecule has 106 valence electrons.